The van der Waals surface area contributed by atoms with Gasteiger partial charge in [-0.25, -0.2) is 0 Å². The normalized spacial score (nSPS) is 16.0. The highest BCUT2D eigenvalue weighted by molar-refractivity contribution is 5.99. The Kier molecular flexibility index (Phi) is 4.56. The number of nitrogens with zero attached hydrogens (tertiary/aromatic N) is 1. The molecule has 2 aliphatic rings. The van der Waals surface area contributed by atoms with Crippen LogP contribution in [0.1, 0.15) is 69.4 Å². The van der Waals surface area contributed by atoms with Crippen LogP contribution in [0.5, 0.6) is 0 Å². The lowest BCUT2D eigenvalue weighted by Gasteiger charge is -2.22. The zero-order valence-electron chi connectivity index (χ0n) is 15.3. The van der Waals surface area contributed by atoms with Crippen LogP contribution in [0.15, 0.2) is 36.5 Å². The van der Waals surface area contributed by atoms with Gasteiger partial charge in [-0.05, 0) is 56.4 Å². The lowest BCUT2D eigenvalue weighted by molar-refractivity contribution is 0.0724. The average molecular weight is 365 g/mol. The predicted molar refractivity (Wildman–Crippen MR) is 101 cm³/mol. The maximum atomic E-state index is 12.9. The molecule has 0 unspecified atom stereocenters. The smallest absolute Gasteiger partial charge is 0.270 e. The van der Waals surface area contributed by atoms with E-state index in [9.17, 15) is 14.4 Å². The maximum absolute atomic E-state index is 12.9. The van der Waals surface area contributed by atoms with Gasteiger partial charge in [0.1, 0.15) is 5.69 Å². The van der Waals surface area contributed by atoms with Crippen molar-refractivity contribution >= 4 is 17.6 Å². The Hall–Kier alpha value is -2.89. The minimum absolute atomic E-state index is 0.0395. The number of amides is 2. The molecule has 2 fully saturated rings. The van der Waals surface area contributed by atoms with Gasteiger partial charge in [0.2, 0.25) is 0 Å². The molecule has 0 spiro atoms. The molecule has 1 aromatic heterocycles. The topological polar surface area (TPSA) is 82.3 Å². The van der Waals surface area contributed by atoms with Crippen LogP contribution in [0, 0.1) is 0 Å². The lowest BCUT2D eigenvalue weighted by Crippen LogP contribution is -2.32. The van der Waals surface area contributed by atoms with E-state index >= 15 is 0 Å². The first kappa shape index (κ1) is 17.5. The van der Waals surface area contributed by atoms with Crippen molar-refractivity contribution in [2.24, 2.45) is 0 Å². The van der Waals surface area contributed by atoms with Crippen molar-refractivity contribution in [1.82, 2.24) is 15.2 Å². The van der Waals surface area contributed by atoms with Crippen LogP contribution in [0.2, 0.25) is 0 Å². The van der Waals surface area contributed by atoms with E-state index in [1.807, 2.05) is 29.2 Å². The minimum Gasteiger partial charge on any atom is -0.356 e. The van der Waals surface area contributed by atoms with Crippen molar-refractivity contribution in [2.75, 3.05) is 0 Å². The summed E-state index contributed by atoms with van der Waals surface area (Å²) in [4.78, 5) is 41.2. The van der Waals surface area contributed by atoms with Crippen LogP contribution in [0.4, 0.5) is 0 Å². The van der Waals surface area contributed by atoms with E-state index in [0.29, 0.717) is 29.4 Å². The predicted octanol–water partition coefficient (Wildman–Crippen LogP) is 2.91. The van der Waals surface area contributed by atoms with Gasteiger partial charge in [-0.2, -0.15) is 0 Å². The number of aromatic amines is 1. The molecule has 2 saturated carbocycles. The first-order valence-electron chi connectivity index (χ1n) is 9.41. The highest BCUT2D eigenvalue weighted by Crippen LogP contribution is 2.30. The van der Waals surface area contributed by atoms with Crippen LogP contribution < -0.4 is 5.32 Å². The van der Waals surface area contributed by atoms with Gasteiger partial charge in [0.15, 0.2) is 5.78 Å². The number of carbonyl (C=O) groups excluding carboxylic acids is 3. The Labute approximate surface area is 157 Å². The number of benzene rings is 1. The van der Waals surface area contributed by atoms with Crippen molar-refractivity contribution in [3.8, 4) is 0 Å². The van der Waals surface area contributed by atoms with Gasteiger partial charge in [-0.15, -0.1) is 0 Å². The molecule has 0 atom stereocenters. The Morgan fingerprint density at radius 3 is 2.33 bits per heavy atom. The first-order valence-corrected chi connectivity index (χ1v) is 9.41. The highest BCUT2D eigenvalue weighted by Gasteiger charge is 2.33. The van der Waals surface area contributed by atoms with Crippen LogP contribution in [0.3, 0.4) is 0 Å². The molecule has 140 valence electrons. The van der Waals surface area contributed by atoms with Gasteiger partial charge in [0.25, 0.3) is 11.8 Å². The van der Waals surface area contributed by atoms with Gasteiger partial charge in [-0.3, -0.25) is 14.4 Å². The first-order chi connectivity index (χ1) is 13.0. The summed E-state index contributed by atoms with van der Waals surface area (Å²) in [7, 11) is 0. The van der Waals surface area contributed by atoms with Crippen LogP contribution >= 0.6 is 0 Å². The molecule has 2 aromatic rings. The molecule has 6 heteroatoms. The van der Waals surface area contributed by atoms with E-state index in [-0.39, 0.29) is 23.6 Å². The summed E-state index contributed by atoms with van der Waals surface area (Å²) in [5, 5.41) is 2.97. The van der Waals surface area contributed by atoms with E-state index in [0.717, 1.165) is 31.2 Å². The van der Waals surface area contributed by atoms with Crippen molar-refractivity contribution in [2.45, 2.75) is 51.2 Å². The molecule has 0 bridgehead atoms. The molecule has 0 radical (unpaired) electrons. The third-order valence-corrected chi connectivity index (χ3v) is 5.05. The summed E-state index contributed by atoms with van der Waals surface area (Å²) >= 11 is 0. The number of hydrogen-bond acceptors (Lipinski definition) is 3. The van der Waals surface area contributed by atoms with Crippen molar-refractivity contribution in [3.63, 3.8) is 0 Å². The Morgan fingerprint density at radius 2 is 1.78 bits per heavy atom. The van der Waals surface area contributed by atoms with E-state index < -0.39 is 0 Å². The highest BCUT2D eigenvalue weighted by atomic mass is 16.2. The third-order valence-electron chi connectivity index (χ3n) is 5.05. The zero-order valence-corrected chi connectivity index (χ0v) is 15.3. The van der Waals surface area contributed by atoms with E-state index in [2.05, 4.69) is 10.3 Å². The summed E-state index contributed by atoms with van der Waals surface area (Å²) in [6.07, 6.45) is 5.69. The summed E-state index contributed by atoms with van der Waals surface area (Å²) in [6, 6.07) is 9.61. The van der Waals surface area contributed by atoms with Crippen LogP contribution in [-0.2, 0) is 6.54 Å². The second kappa shape index (κ2) is 7.02. The minimum atomic E-state index is -0.0967. The second-order valence-corrected chi connectivity index (χ2v) is 7.47. The molecule has 0 aliphatic heterocycles. The van der Waals surface area contributed by atoms with Crippen molar-refractivity contribution < 1.29 is 14.4 Å². The van der Waals surface area contributed by atoms with E-state index in [4.69, 9.17) is 0 Å². The number of H-pyrrole nitrogens is 1. The number of nitrogens with one attached hydrogen (secondary N) is 2. The fourth-order valence-corrected chi connectivity index (χ4v) is 3.08. The number of hydrogen-bond donors (Lipinski definition) is 2. The molecule has 27 heavy (non-hydrogen) atoms. The van der Waals surface area contributed by atoms with Crippen molar-refractivity contribution in [3.05, 3.63) is 58.9 Å². The van der Waals surface area contributed by atoms with Gasteiger partial charge in [0, 0.05) is 36.0 Å². The summed E-state index contributed by atoms with van der Waals surface area (Å²) in [5.41, 5.74) is 2.58. The van der Waals surface area contributed by atoms with Gasteiger partial charge >= 0.3 is 0 Å². The summed E-state index contributed by atoms with van der Waals surface area (Å²) < 4.78 is 0. The molecule has 2 amide bonds. The number of carbonyl (C=O) groups is 3. The van der Waals surface area contributed by atoms with Crippen LogP contribution in [0.25, 0.3) is 0 Å². The third kappa shape index (κ3) is 4.10. The van der Waals surface area contributed by atoms with Crippen LogP contribution in [-0.4, -0.2) is 39.6 Å². The molecule has 4 rings (SSSR count). The molecule has 2 aliphatic carbocycles. The number of rotatable bonds is 7. The number of ketones is 1. The largest absolute Gasteiger partial charge is 0.356 e. The maximum Gasteiger partial charge on any atom is 0.270 e. The number of aromatic nitrogens is 1. The van der Waals surface area contributed by atoms with Gasteiger partial charge in [-0.1, -0.05) is 12.1 Å². The van der Waals surface area contributed by atoms with E-state index in [1.54, 1.807) is 12.3 Å². The standard InChI is InChI=1S/C21H23N3O3/c1-13(25)16-10-19(22-11-16)21(27)24(18-8-9-18)12-14-2-4-15(5-3-14)20(26)23-17-6-7-17/h2-5,10-11,17-18,22H,6-9,12H2,1H3,(H,23,26). The lowest BCUT2D eigenvalue weighted by atomic mass is 10.1. The molecular weight excluding hydrogens is 342 g/mol. The van der Waals surface area contributed by atoms with Gasteiger partial charge in [0.05, 0.1) is 0 Å². The summed E-state index contributed by atoms with van der Waals surface area (Å²) in [5.74, 6) is -0.203. The molecular formula is C21H23N3O3. The molecule has 1 aromatic carbocycles. The van der Waals surface area contributed by atoms with Gasteiger partial charge < -0.3 is 15.2 Å². The SMILES string of the molecule is CC(=O)c1c[nH]c(C(=O)N(Cc2ccc(C(=O)NC3CC3)cc2)C2CC2)c1. The van der Waals surface area contributed by atoms with E-state index in [1.165, 1.54) is 6.92 Å². The monoisotopic (exact) mass is 365 g/mol. The fourth-order valence-electron chi connectivity index (χ4n) is 3.08. The molecule has 0 saturated heterocycles. The molecule has 6 nitrogen and oxygen atoms in total. The average Bonchev–Trinajstić information content (AvgIpc) is 3.59. The van der Waals surface area contributed by atoms with Crippen molar-refractivity contribution in [1.29, 1.82) is 0 Å². The quantitative estimate of drug-likeness (QED) is 0.740. The number of Topliss-reactive ketones (excluding diaryl/α,β-unsaturated/α-hetero) is 1. The Bertz CT molecular complexity index is 876. The zero-order chi connectivity index (χ0) is 19.0. The molecule has 1 heterocycles. The fraction of sp³-hybridized carbons (Fsp3) is 0.381. The Balaban J connectivity index is 1.45. The molecule has 2 N–H and O–H groups in total. The Morgan fingerprint density at radius 1 is 1.07 bits per heavy atom. The second-order valence-electron chi connectivity index (χ2n) is 7.47. The summed E-state index contributed by atoms with van der Waals surface area (Å²) in [6.45, 7) is 1.97.